The molecule has 0 atom stereocenters. The van der Waals surface area contributed by atoms with Gasteiger partial charge in [0.1, 0.15) is 10.8 Å². The molecule has 0 aliphatic rings. The molecule has 0 aliphatic heterocycles. The quantitative estimate of drug-likeness (QED) is 0.608. The zero-order valence-electron chi connectivity index (χ0n) is 9.61. The number of benzene rings is 1. The van der Waals surface area contributed by atoms with Crippen LogP contribution in [-0.4, -0.2) is 22.3 Å². The van der Waals surface area contributed by atoms with E-state index in [0.29, 0.717) is 17.9 Å². The minimum Gasteiger partial charge on any atom is -0.493 e. The molecule has 5 heteroatoms. The van der Waals surface area contributed by atoms with Crippen LogP contribution >= 0.6 is 11.8 Å². The lowest BCUT2D eigenvalue weighted by molar-refractivity contribution is 0.344. The Labute approximate surface area is 110 Å². The average molecular weight is 257 g/mol. The first kappa shape index (κ1) is 12.4. The van der Waals surface area contributed by atoms with Crippen LogP contribution in [0.1, 0.15) is 5.56 Å². The molecule has 18 heavy (non-hydrogen) atoms. The van der Waals surface area contributed by atoms with Crippen LogP contribution in [0.2, 0.25) is 0 Å². The second-order valence-corrected chi connectivity index (χ2v) is 4.50. The molecule has 1 aromatic heterocycles. The summed E-state index contributed by atoms with van der Waals surface area (Å²) in [6, 6.07) is 9.21. The summed E-state index contributed by atoms with van der Waals surface area (Å²) in [7, 11) is 0. The van der Waals surface area contributed by atoms with Crippen molar-refractivity contribution in [3.63, 3.8) is 0 Å². The smallest absolute Gasteiger partial charge is 0.120 e. The van der Waals surface area contributed by atoms with Crippen LogP contribution in [0.4, 0.5) is 0 Å². The summed E-state index contributed by atoms with van der Waals surface area (Å²) in [4.78, 5) is 8.14. The third-order valence-electron chi connectivity index (χ3n) is 2.10. The molecule has 2 aromatic rings. The van der Waals surface area contributed by atoms with Crippen molar-refractivity contribution in [3.8, 4) is 11.8 Å². The van der Waals surface area contributed by atoms with Crippen LogP contribution in [0.25, 0.3) is 0 Å². The lowest BCUT2D eigenvalue weighted by Gasteiger charge is -2.05. The monoisotopic (exact) mass is 257 g/mol. The Morgan fingerprint density at radius 1 is 1.33 bits per heavy atom. The fourth-order valence-electron chi connectivity index (χ4n) is 1.32. The molecule has 2 rings (SSSR count). The van der Waals surface area contributed by atoms with Crippen LogP contribution in [-0.2, 0) is 0 Å². The third kappa shape index (κ3) is 3.75. The fourth-order valence-corrected chi connectivity index (χ4v) is 1.97. The Morgan fingerprint density at radius 2 is 2.28 bits per heavy atom. The van der Waals surface area contributed by atoms with Crippen molar-refractivity contribution in [3.05, 3.63) is 48.4 Å². The summed E-state index contributed by atoms with van der Waals surface area (Å²) in [5.41, 5.74) is 0.606. The number of rotatable bonds is 5. The van der Waals surface area contributed by atoms with Gasteiger partial charge in [0, 0.05) is 18.1 Å². The van der Waals surface area contributed by atoms with Crippen LogP contribution in [0.3, 0.4) is 0 Å². The Kier molecular flexibility index (Phi) is 4.56. The molecule has 0 N–H and O–H groups in total. The van der Waals surface area contributed by atoms with Gasteiger partial charge < -0.3 is 4.74 Å². The molecule has 0 amide bonds. The van der Waals surface area contributed by atoms with Gasteiger partial charge in [0.25, 0.3) is 0 Å². The molecule has 4 nitrogen and oxygen atoms in total. The number of nitriles is 1. The molecule has 90 valence electrons. The Bertz CT molecular complexity index is 539. The topological polar surface area (TPSA) is 58.8 Å². The van der Waals surface area contributed by atoms with Gasteiger partial charge in [0.05, 0.1) is 24.4 Å². The van der Waals surface area contributed by atoms with Crippen molar-refractivity contribution in [1.82, 2.24) is 9.97 Å². The maximum atomic E-state index is 8.76. The van der Waals surface area contributed by atoms with E-state index in [4.69, 9.17) is 10.00 Å². The van der Waals surface area contributed by atoms with Crippen molar-refractivity contribution in [2.75, 3.05) is 12.4 Å². The van der Waals surface area contributed by atoms with E-state index in [-0.39, 0.29) is 0 Å². The Hall–Kier alpha value is -2.06. The molecule has 0 saturated carbocycles. The lowest BCUT2D eigenvalue weighted by atomic mass is 10.2. The first-order valence-electron chi connectivity index (χ1n) is 5.40. The van der Waals surface area contributed by atoms with E-state index in [1.54, 1.807) is 42.5 Å². The number of hydrogen-bond acceptors (Lipinski definition) is 5. The highest BCUT2D eigenvalue weighted by molar-refractivity contribution is 7.99. The predicted octanol–water partition coefficient (Wildman–Crippen LogP) is 2.52. The van der Waals surface area contributed by atoms with Gasteiger partial charge in [-0.25, -0.2) is 4.98 Å². The normalized spacial score (nSPS) is 9.72. The molecule has 0 spiro atoms. The zero-order valence-corrected chi connectivity index (χ0v) is 10.4. The molecule has 0 bridgehead atoms. The number of hydrogen-bond donors (Lipinski definition) is 0. The molecule has 1 aromatic carbocycles. The maximum absolute atomic E-state index is 8.76. The standard InChI is InChI=1S/C13H11N3OS/c14-9-11-2-1-3-12(8-11)17-6-7-18-13-10-15-4-5-16-13/h1-5,8,10H,6-7H2. The molecular weight excluding hydrogens is 246 g/mol. The highest BCUT2D eigenvalue weighted by Crippen LogP contribution is 2.15. The van der Waals surface area contributed by atoms with E-state index in [1.165, 1.54) is 0 Å². The molecule has 0 aliphatic carbocycles. The van der Waals surface area contributed by atoms with Gasteiger partial charge in [-0.1, -0.05) is 6.07 Å². The van der Waals surface area contributed by atoms with Crippen molar-refractivity contribution in [1.29, 1.82) is 5.26 Å². The van der Waals surface area contributed by atoms with E-state index >= 15 is 0 Å². The van der Waals surface area contributed by atoms with Gasteiger partial charge in [-0.3, -0.25) is 4.98 Å². The number of aromatic nitrogens is 2. The molecule has 1 heterocycles. The van der Waals surface area contributed by atoms with Crippen molar-refractivity contribution in [2.24, 2.45) is 0 Å². The summed E-state index contributed by atoms with van der Waals surface area (Å²) >= 11 is 1.59. The van der Waals surface area contributed by atoms with E-state index in [1.807, 2.05) is 12.1 Å². The Morgan fingerprint density at radius 3 is 3.06 bits per heavy atom. The van der Waals surface area contributed by atoms with Gasteiger partial charge >= 0.3 is 0 Å². The number of nitrogens with zero attached hydrogens (tertiary/aromatic N) is 3. The Balaban J connectivity index is 1.77. The van der Waals surface area contributed by atoms with Gasteiger partial charge in [0.15, 0.2) is 0 Å². The van der Waals surface area contributed by atoms with E-state index in [0.717, 1.165) is 10.8 Å². The van der Waals surface area contributed by atoms with Crippen LogP contribution < -0.4 is 4.74 Å². The number of thioether (sulfide) groups is 1. The highest BCUT2D eigenvalue weighted by Gasteiger charge is 1.98. The summed E-state index contributed by atoms with van der Waals surface area (Å²) in [5.74, 6) is 1.50. The fraction of sp³-hybridized carbons (Fsp3) is 0.154. The summed E-state index contributed by atoms with van der Waals surface area (Å²) in [6.45, 7) is 0.566. The van der Waals surface area contributed by atoms with Gasteiger partial charge in [-0.2, -0.15) is 5.26 Å². The molecular formula is C13H11N3OS. The molecule has 0 radical (unpaired) electrons. The highest BCUT2D eigenvalue weighted by atomic mass is 32.2. The summed E-state index contributed by atoms with van der Waals surface area (Å²) in [6.07, 6.45) is 5.04. The van der Waals surface area contributed by atoms with Crippen LogP contribution in [0.15, 0.2) is 47.9 Å². The summed E-state index contributed by atoms with van der Waals surface area (Å²) in [5, 5.41) is 9.64. The maximum Gasteiger partial charge on any atom is 0.120 e. The van der Waals surface area contributed by atoms with Gasteiger partial charge in [-0.15, -0.1) is 11.8 Å². The van der Waals surface area contributed by atoms with E-state index < -0.39 is 0 Å². The minimum absolute atomic E-state index is 0.566. The SMILES string of the molecule is N#Cc1cccc(OCCSc2cnccn2)c1. The first-order chi connectivity index (χ1) is 8.88. The number of ether oxygens (including phenoxy) is 1. The van der Waals surface area contributed by atoms with Gasteiger partial charge in [0.2, 0.25) is 0 Å². The first-order valence-corrected chi connectivity index (χ1v) is 6.39. The molecule has 0 fully saturated rings. The van der Waals surface area contributed by atoms with E-state index in [9.17, 15) is 0 Å². The van der Waals surface area contributed by atoms with Gasteiger partial charge in [-0.05, 0) is 18.2 Å². The summed E-state index contributed by atoms with van der Waals surface area (Å²) < 4.78 is 5.55. The van der Waals surface area contributed by atoms with Crippen LogP contribution in [0, 0.1) is 11.3 Å². The third-order valence-corrected chi connectivity index (χ3v) is 2.98. The second kappa shape index (κ2) is 6.62. The van der Waals surface area contributed by atoms with Crippen LogP contribution in [0.5, 0.6) is 5.75 Å². The predicted molar refractivity (Wildman–Crippen MR) is 69.4 cm³/mol. The van der Waals surface area contributed by atoms with E-state index in [2.05, 4.69) is 16.0 Å². The van der Waals surface area contributed by atoms with Crippen molar-refractivity contribution >= 4 is 11.8 Å². The largest absolute Gasteiger partial charge is 0.493 e. The lowest BCUT2D eigenvalue weighted by Crippen LogP contribution is -2.00. The van der Waals surface area contributed by atoms with Crippen molar-refractivity contribution < 1.29 is 4.74 Å². The average Bonchev–Trinajstić information content (AvgIpc) is 2.45. The minimum atomic E-state index is 0.566. The molecule has 0 saturated heterocycles. The second-order valence-electron chi connectivity index (χ2n) is 3.38. The van der Waals surface area contributed by atoms with Crippen molar-refractivity contribution in [2.45, 2.75) is 5.03 Å². The molecule has 0 unspecified atom stereocenters. The zero-order chi connectivity index (χ0) is 12.6.